The molecule has 0 aliphatic heterocycles. The molecule has 1 heteroatoms. The molecular formula is C25H13N. The standard InChI is InChI=1S/C25H13N/c1-2-12-26-20(3-1)19-13-17-9-8-15-5-4-14-6-7-16-10-11-18(19)25-23(16)21(14)22(15)24(17)25/h1-13H. The Labute approximate surface area is 149 Å². The molecule has 0 fully saturated rings. The summed E-state index contributed by atoms with van der Waals surface area (Å²) in [6.07, 6.45) is 1.88. The second-order valence-electron chi connectivity index (χ2n) is 7.22. The van der Waals surface area contributed by atoms with Crippen LogP contribution in [0.4, 0.5) is 0 Å². The van der Waals surface area contributed by atoms with Crippen LogP contribution in [-0.4, -0.2) is 4.98 Å². The molecule has 1 nitrogen and oxygen atoms in total. The number of hydrogen-bond acceptors (Lipinski definition) is 1. The summed E-state index contributed by atoms with van der Waals surface area (Å²) in [5.74, 6) is 0. The van der Waals surface area contributed by atoms with Crippen LogP contribution in [0.15, 0.2) is 79.0 Å². The minimum atomic E-state index is 1.04. The van der Waals surface area contributed by atoms with Crippen molar-refractivity contribution in [2.24, 2.45) is 0 Å². The van der Waals surface area contributed by atoms with Crippen LogP contribution in [0.1, 0.15) is 0 Å². The first kappa shape index (κ1) is 12.8. The third-order valence-corrected chi connectivity index (χ3v) is 5.96. The van der Waals surface area contributed by atoms with Crippen molar-refractivity contribution in [1.29, 1.82) is 0 Å². The lowest BCUT2D eigenvalue weighted by Crippen LogP contribution is -1.86. The van der Waals surface area contributed by atoms with E-state index in [0.29, 0.717) is 0 Å². The predicted molar refractivity (Wildman–Crippen MR) is 111 cm³/mol. The van der Waals surface area contributed by atoms with Gasteiger partial charge in [-0.15, -0.1) is 0 Å². The van der Waals surface area contributed by atoms with Crippen molar-refractivity contribution >= 4 is 53.9 Å². The van der Waals surface area contributed by atoms with Gasteiger partial charge in [0, 0.05) is 11.8 Å². The molecule has 0 spiro atoms. The van der Waals surface area contributed by atoms with Crippen LogP contribution in [0.5, 0.6) is 0 Å². The lowest BCUT2D eigenvalue weighted by atomic mass is 9.94. The van der Waals surface area contributed by atoms with E-state index in [-0.39, 0.29) is 0 Å². The van der Waals surface area contributed by atoms with Gasteiger partial charge in [-0.1, -0.05) is 54.6 Å². The van der Waals surface area contributed by atoms with Crippen molar-refractivity contribution in [2.45, 2.75) is 0 Å². The van der Waals surface area contributed by atoms with E-state index >= 15 is 0 Å². The molecule has 0 N–H and O–H groups in total. The third-order valence-electron chi connectivity index (χ3n) is 5.96. The van der Waals surface area contributed by atoms with E-state index in [1.165, 1.54) is 59.4 Å². The van der Waals surface area contributed by atoms with Gasteiger partial charge in [0.15, 0.2) is 0 Å². The summed E-state index contributed by atoms with van der Waals surface area (Å²) >= 11 is 0. The summed E-state index contributed by atoms with van der Waals surface area (Å²) in [4.78, 5) is 4.63. The van der Waals surface area contributed by atoms with E-state index in [4.69, 9.17) is 0 Å². The van der Waals surface area contributed by atoms with Crippen LogP contribution in [0.3, 0.4) is 0 Å². The first-order valence-corrected chi connectivity index (χ1v) is 8.99. The smallest absolute Gasteiger partial charge is 0.0708 e. The Morgan fingerprint density at radius 3 is 1.73 bits per heavy atom. The van der Waals surface area contributed by atoms with Gasteiger partial charge in [0.05, 0.1) is 5.69 Å². The molecule has 0 unspecified atom stereocenters. The molecule has 26 heavy (non-hydrogen) atoms. The molecule has 118 valence electrons. The molecule has 7 rings (SSSR count). The Kier molecular flexibility index (Phi) is 2.08. The Morgan fingerprint density at radius 2 is 1.08 bits per heavy atom. The lowest BCUT2D eigenvalue weighted by molar-refractivity contribution is 1.33. The van der Waals surface area contributed by atoms with Crippen LogP contribution in [0, 0.1) is 0 Å². The van der Waals surface area contributed by atoms with Gasteiger partial charge in [0.25, 0.3) is 0 Å². The highest BCUT2D eigenvalue weighted by molar-refractivity contribution is 6.45. The summed E-state index contributed by atoms with van der Waals surface area (Å²) in [6.45, 7) is 0. The normalized spacial score (nSPS) is 12.6. The molecule has 0 bridgehead atoms. The Balaban J connectivity index is 1.88. The van der Waals surface area contributed by atoms with Crippen LogP contribution in [-0.2, 0) is 0 Å². The third kappa shape index (κ3) is 1.34. The van der Waals surface area contributed by atoms with Gasteiger partial charge in [0.2, 0.25) is 0 Å². The van der Waals surface area contributed by atoms with Gasteiger partial charge in [-0.3, -0.25) is 4.98 Å². The molecule has 0 radical (unpaired) electrons. The summed E-state index contributed by atoms with van der Waals surface area (Å²) in [7, 11) is 0. The fourth-order valence-electron chi connectivity index (χ4n) is 4.91. The number of pyridine rings is 1. The van der Waals surface area contributed by atoms with E-state index in [1.54, 1.807) is 0 Å². The molecule has 0 aliphatic carbocycles. The SMILES string of the molecule is c1ccc(-c2cc3ccc4ccc5ccc6ccc2c2c6c5c4c32)nc1. The van der Waals surface area contributed by atoms with Crippen molar-refractivity contribution in [1.82, 2.24) is 4.98 Å². The van der Waals surface area contributed by atoms with Crippen LogP contribution < -0.4 is 0 Å². The minimum Gasteiger partial charge on any atom is -0.256 e. The summed E-state index contributed by atoms with van der Waals surface area (Å²) in [5, 5.41) is 13.7. The zero-order valence-electron chi connectivity index (χ0n) is 14.0. The van der Waals surface area contributed by atoms with Gasteiger partial charge in [-0.25, -0.2) is 0 Å². The highest BCUT2D eigenvalue weighted by atomic mass is 14.7. The number of rotatable bonds is 1. The maximum atomic E-state index is 4.63. The van der Waals surface area contributed by atoms with Gasteiger partial charge < -0.3 is 0 Å². The molecule has 0 saturated carbocycles. The maximum absolute atomic E-state index is 4.63. The molecule has 7 aromatic rings. The van der Waals surface area contributed by atoms with Crippen molar-refractivity contribution in [2.75, 3.05) is 0 Å². The first-order valence-electron chi connectivity index (χ1n) is 8.99. The van der Waals surface area contributed by atoms with E-state index in [1.807, 2.05) is 12.3 Å². The van der Waals surface area contributed by atoms with E-state index in [2.05, 4.69) is 71.7 Å². The van der Waals surface area contributed by atoms with E-state index in [9.17, 15) is 0 Å². The monoisotopic (exact) mass is 327 g/mol. The molecule has 0 amide bonds. The molecule has 0 aliphatic rings. The topological polar surface area (TPSA) is 12.9 Å². The van der Waals surface area contributed by atoms with Crippen LogP contribution in [0.2, 0.25) is 0 Å². The molecule has 0 saturated heterocycles. The summed E-state index contributed by atoms with van der Waals surface area (Å²) in [5.41, 5.74) is 2.26. The zero-order valence-corrected chi connectivity index (χ0v) is 14.0. The molecule has 1 heterocycles. The molecular weight excluding hydrogens is 314 g/mol. The fourth-order valence-corrected chi connectivity index (χ4v) is 4.91. The van der Waals surface area contributed by atoms with Crippen molar-refractivity contribution in [3.63, 3.8) is 0 Å². The number of hydrogen-bond donors (Lipinski definition) is 0. The second kappa shape index (κ2) is 4.20. The largest absolute Gasteiger partial charge is 0.256 e. The van der Waals surface area contributed by atoms with Crippen LogP contribution >= 0.6 is 0 Å². The van der Waals surface area contributed by atoms with Crippen molar-refractivity contribution in [3.8, 4) is 11.3 Å². The highest BCUT2D eigenvalue weighted by Gasteiger charge is 2.21. The van der Waals surface area contributed by atoms with Gasteiger partial charge in [-0.2, -0.15) is 0 Å². The lowest BCUT2D eigenvalue weighted by Gasteiger charge is -2.10. The predicted octanol–water partition coefficient (Wildman–Crippen LogP) is 6.83. The Bertz CT molecular complexity index is 1520. The highest BCUT2D eigenvalue weighted by Crippen LogP contribution is 2.49. The van der Waals surface area contributed by atoms with Crippen molar-refractivity contribution in [3.05, 3.63) is 79.0 Å². The number of aromatic nitrogens is 1. The molecule has 0 atom stereocenters. The van der Waals surface area contributed by atoms with Gasteiger partial charge in [0.1, 0.15) is 0 Å². The second-order valence-corrected chi connectivity index (χ2v) is 7.22. The average Bonchev–Trinajstić information content (AvgIpc) is 3.08. The summed E-state index contributed by atoms with van der Waals surface area (Å²) in [6, 6.07) is 26.6. The van der Waals surface area contributed by atoms with Gasteiger partial charge in [-0.05, 0) is 72.1 Å². The average molecular weight is 327 g/mol. The molecule has 6 aromatic carbocycles. The zero-order chi connectivity index (χ0) is 16.8. The molecule has 1 aromatic heterocycles. The maximum Gasteiger partial charge on any atom is 0.0708 e. The van der Waals surface area contributed by atoms with E-state index in [0.717, 1.165) is 5.69 Å². The fraction of sp³-hybridized carbons (Fsp3) is 0. The Morgan fingerprint density at radius 1 is 0.500 bits per heavy atom. The summed E-state index contributed by atoms with van der Waals surface area (Å²) < 4.78 is 0. The first-order chi connectivity index (χ1) is 12.9. The van der Waals surface area contributed by atoms with Crippen LogP contribution in [0.25, 0.3) is 65.1 Å². The number of nitrogens with zero attached hydrogens (tertiary/aromatic N) is 1. The minimum absolute atomic E-state index is 1.04. The van der Waals surface area contributed by atoms with Crippen molar-refractivity contribution < 1.29 is 0 Å². The quantitative estimate of drug-likeness (QED) is 0.301. The van der Waals surface area contributed by atoms with E-state index < -0.39 is 0 Å². The Hall–Kier alpha value is -3.45. The van der Waals surface area contributed by atoms with Gasteiger partial charge >= 0.3 is 0 Å². The number of benzene rings is 5.